The Bertz CT molecular complexity index is 664. The molecule has 0 saturated carbocycles. The van der Waals surface area contributed by atoms with Crippen LogP contribution in [0.1, 0.15) is 28.5 Å². The van der Waals surface area contributed by atoms with Crippen molar-refractivity contribution >= 4 is 34.6 Å². The molecule has 1 unspecified atom stereocenters. The predicted octanol–water partition coefficient (Wildman–Crippen LogP) is 3.97. The van der Waals surface area contributed by atoms with E-state index in [9.17, 15) is 4.79 Å². The third-order valence-corrected chi connectivity index (χ3v) is 4.74. The number of amides is 1. The van der Waals surface area contributed by atoms with Crippen LogP contribution in [0.25, 0.3) is 0 Å². The molecule has 1 atom stereocenters. The van der Waals surface area contributed by atoms with Crippen LogP contribution in [-0.2, 0) is 4.79 Å². The second-order valence-electron chi connectivity index (χ2n) is 5.02. The summed E-state index contributed by atoms with van der Waals surface area (Å²) in [5, 5.41) is 8.07. The van der Waals surface area contributed by atoms with Crippen LogP contribution in [0, 0.1) is 6.92 Å². The van der Waals surface area contributed by atoms with E-state index in [1.165, 1.54) is 10.6 Å². The van der Waals surface area contributed by atoms with E-state index in [1.54, 1.807) is 11.3 Å². The van der Waals surface area contributed by atoms with Gasteiger partial charge in [0.05, 0.1) is 11.8 Å². The summed E-state index contributed by atoms with van der Waals surface area (Å²) in [7, 11) is 0. The molecule has 1 aromatic carbocycles. The molecule has 5 heteroatoms. The van der Waals surface area contributed by atoms with Crippen LogP contribution < -0.4 is 0 Å². The van der Waals surface area contributed by atoms with Crippen molar-refractivity contribution in [2.45, 2.75) is 19.4 Å². The molecule has 0 saturated heterocycles. The van der Waals surface area contributed by atoms with Crippen molar-refractivity contribution in [3.05, 3.63) is 57.8 Å². The Morgan fingerprint density at radius 1 is 1.38 bits per heavy atom. The Morgan fingerprint density at radius 3 is 2.76 bits per heavy atom. The largest absolute Gasteiger partial charge is 0.272 e. The Hall–Kier alpha value is -1.65. The Morgan fingerprint density at radius 2 is 2.14 bits per heavy atom. The van der Waals surface area contributed by atoms with Crippen LogP contribution in [-0.4, -0.2) is 22.5 Å². The number of hydrogen-bond donors (Lipinski definition) is 0. The smallest absolute Gasteiger partial charge is 0.258 e. The number of carbonyl (C=O) groups excluding carboxylic acids is 1. The molecule has 2 heterocycles. The lowest BCUT2D eigenvalue weighted by Crippen LogP contribution is -2.27. The lowest BCUT2D eigenvalue weighted by molar-refractivity contribution is -0.130. The summed E-state index contributed by atoms with van der Waals surface area (Å²) in [4.78, 5) is 13.2. The zero-order valence-electron chi connectivity index (χ0n) is 11.6. The minimum absolute atomic E-state index is 0.0347. The number of carbonyl (C=O) groups is 1. The molecule has 1 aromatic heterocycles. The zero-order chi connectivity index (χ0) is 14.8. The van der Waals surface area contributed by atoms with Gasteiger partial charge in [-0.3, -0.25) is 4.79 Å². The normalized spacial score (nSPS) is 17.9. The monoisotopic (exact) mass is 318 g/mol. The first-order chi connectivity index (χ1) is 10.2. The first-order valence-corrected chi connectivity index (χ1v) is 8.16. The number of nitrogens with zero attached hydrogens (tertiary/aromatic N) is 2. The molecule has 1 aliphatic rings. The van der Waals surface area contributed by atoms with E-state index in [1.807, 2.05) is 29.6 Å². The topological polar surface area (TPSA) is 32.7 Å². The van der Waals surface area contributed by atoms with Crippen molar-refractivity contribution in [1.29, 1.82) is 0 Å². The third kappa shape index (κ3) is 2.87. The second-order valence-corrected chi connectivity index (χ2v) is 6.27. The van der Waals surface area contributed by atoms with Crippen LogP contribution in [0.2, 0.25) is 0 Å². The lowest BCUT2D eigenvalue weighted by Gasteiger charge is -2.19. The number of hydrazone groups is 1. The van der Waals surface area contributed by atoms with Gasteiger partial charge in [0.1, 0.15) is 5.88 Å². The molecule has 108 valence electrons. The Labute approximate surface area is 132 Å². The van der Waals surface area contributed by atoms with Crippen molar-refractivity contribution < 1.29 is 4.79 Å². The molecule has 0 aliphatic carbocycles. The number of hydrogen-bond acceptors (Lipinski definition) is 3. The van der Waals surface area contributed by atoms with E-state index in [-0.39, 0.29) is 17.8 Å². The number of aryl methyl sites for hydroxylation is 1. The molecule has 2 aromatic rings. The van der Waals surface area contributed by atoms with Gasteiger partial charge in [0, 0.05) is 11.3 Å². The van der Waals surface area contributed by atoms with Gasteiger partial charge >= 0.3 is 0 Å². The molecule has 0 spiro atoms. The summed E-state index contributed by atoms with van der Waals surface area (Å²) < 4.78 is 0. The number of rotatable bonds is 3. The molecular weight excluding hydrogens is 304 g/mol. The van der Waals surface area contributed by atoms with Crippen molar-refractivity contribution in [2.75, 3.05) is 5.88 Å². The quantitative estimate of drug-likeness (QED) is 0.788. The van der Waals surface area contributed by atoms with E-state index in [4.69, 9.17) is 11.6 Å². The SMILES string of the molecule is Cc1ccc(C2=NN(C(=O)CCl)C(c3cccs3)C2)cc1. The lowest BCUT2D eigenvalue weighted by atomic mass is 10.0. The third-order valence-electron chi connectivity index (χ3n) is 3.54. The van der Waals surface area contributed by atoms with Gasteiger partial charge < -0.3 is 0 Å². The first-order valence-electron chi connectivity index (χ1n) is 6.75. The van der Waals surface area contributed by atoms with Gasteiger partial charge in [-0.1, -0.05) is 35.9 Å². The fraction of sp³-hybridized carbons (Fsp3) is 0.250. The van der Waals surface area contributed by atoms with E-state index in [2.05, 4.69) is 24.2 Å². The summed E-state index contributed by atoms with van der Waals surface area (Å²) >= 11 is 7.36. The highest BCUT2D eigenvalue weighted by atomic mass is 35.5. The average molecular weight is 319 g/mol. The maximum atomic E-state index is 12.0. The van der Waals surface area contributed by atoms with Crippen molar-refractivity contribution in [1.82, 2.24) is 5.01 Å². The molecule has 3 rings (SSSR count). The summed E-state index contributed by atoms with van der Waals surface area (Å²) in [6.07, 6.45) is 0.728. The van der Waals surface area contributed by atoms with Gasteiger partial charge in [0.2, 0.25) is 0 Å². The van der Waals surface area contributed by atoms with Crippen LogP contribution >= 0.6 is 22.9 Å². The first kappa shape index (κ1) is 14.3. The summed E-state index contributed by atoms with van der Waals surface area (Å²) in [6.45, 7) is 2.05. The minimum Gasteiger partial charge on any atom is -0.272 e. The molecule has 0 fully saturated rings. The average Bonchev–Trinajstić information content (AvgIpc) is 3.16. The molecule has 21 heavy (non-hydrogen) atoms. The molecule has 0 N–H and O–H groups in total. The van der Waals surface area contributed by atoms with Crippen LogP contribution in [0.4, 0.5) is 0 Å². The van der Waals surface area contributed by atoms with E-state index in [0.29, 0.717) is 0 Å². The fourth-order valence-corrected chi connectivity index (χ4v) is 3.36. The highest BCUT2D eigenvalue weighted by Gasteiger charge is 2.33. The van der Waals surface area contributed by atoms with Crippen LogP contribution in [0.5, 0.6) is 0 Å². The van der Waals surface area contributed by atoms with E-state index < -0.39 is 0 Å². The van der Waals surface area contributed by atoms with Gasteiger partial charge in [-0.05, 0) is 23.9 Å². The summed E-state index contributed by atoms with van der Waals surface area (Å²) in [5.74, 6) is -0.204. The number of alkyl halides is 1. The van der Waals surface area contributed by atoms with Crippen molar-refractivity contribution in [3.63, 3.8) is 0 Å². The molecule has 1 aliphatic heterocycles. The van der Waals surface area contributed by atoms with E-state index >= 15 is 0 Å². The molecule has 0 radical (unpaired) electrons. The van der Waals surface area contributed by atoms with Gasteiger partial charge in [0.15, 0.2) is 0 Å². The fourth-order valence-electron chi connectivity index (χ4n) is 2.42. The van der Waals surface area contributed by atoms with Gasteiger partial charge in [-0.25, -0.2) is 5.01 Å². The van der Waals surface area contributed by atoms with Crippen molar-refractivity contribution in [3.8, 4) is 0 Å². The number of halogens is 1. The van der Waals surface area contributed by atoms with Gasteiger partial charge in [0.25, 0.3) is 5.91 Å². The maximum Gasteiger partial charge on any atom is 0.258 e. The Kier molecular flexibility index (Phi) is 4.08. The molecular formula is C16H15ClN2OS. The van der Waals surface area contributed by atoms with Gasteiger partial charge in [-0.2, -0.15) is 5.10 Å². The molecule has 0 bridgehead atoms. The highest BCUT2D eigenvalue weighted by molar-refractivity contribution is 7.10. The van der Waals surface area contributed by atoms with Crippen molar-refractivity contribution in [2.24, 2.45) is 5.10 Å². The number of benzene rings is 1. The highest BCUT2D eigenvalue weighted by Crippen LogP contribution is 2.35. The minimum atomic E-state index is -0.155. The van der Waals surface area contributed by atoms with Crippen LogP contribution in [0.15, 0.2) is 46.9 Å². The number of thiophene rings is 1. The summed E-state index contributed by atoms with van der Waals surface area (Å²) in [5.41, 5.74) is 3.21. The Balaban J connectivity index is 1.93. The maximum absolute atomic E-state index is 12.0. The zero-order valence-corrected chi connectivity index (χ0v) is 13.2. The molecule has 1 amide bonds. The second kappa shape index (κ2) is 6.00. The summed E-state index contributed by atoms with van der Waals surface area (Å²) in [6, 6.07) is 12.2. The van der Waals surface area contributed by atoms with Crippen LogP contribution in [0.3, 0.4) is 0 Å². The molecule has 3 nitrogen and oxygen atoms in total. The predicted molar refractivity (Wildman–Crippen MR) is 87.0 cm³/mol. The van der Waals surface area contributed by atoms with Gasteiger partial charge in [-0.15, -0.1) is 22.9 Å². The standard InChI is InChI=1S/C16H15ClN2OS/c1-11-4-6-12(7-5-11)13-9-14(15-3-2-8-21-15)19(18-13)16(20)10-17/h2-8,14H,9-10H2,1H3. The van der Waals surface area contributed by atoms with E-state index in [0.717, 1.165) is 22.6 Å².